The van der Waals surface area contributed by atoms with Crippen molar-refractivity contribution in [1.29, 1.82) is 5.26 Å². The van der Waals surface area contributed by atoms with Crippen LogP contribution in [0.4, 0.5) is 17.1 Å². The fourth-order valence-electron chi connectivity index (χ4n) is 14.9. The highest BCUT2D eigenvalue weighted by atomic mass is 32.2. The monoisotopic (exact) mass is 1260 g/mol. The van der Waals surface area contributed by atoms with E-state index in [1.54, 1.807) is 23.9 Å². The van der Waals surface area contributed by atoms with Gasteiger partial charge in [-0.15, -0.1) is 0 Å². The minimum atomic E-state index is -0.335. The van der Waals surface area contributed by atoms with Crippen LogP contribution in [-0.2, 0) is 21.7 Å². The highest BCUT2D eigenvalue weighted by Crippen LogP contribution is 2.52. The van der Waals surface area contributed by atoms with Crippen LogP contribution in [0, 0.1) is 11.3 Å². The van der Waals surface area contributed by atoms with Gasteiger partial charge in [-0.1, -0.05) is 246 Å². The minimum Gasteiger partial charge on any atom is -0.456 e. The van der Waals surface area contributed by atoms with Crippen LogP contribution in [0.5, 0.6) is 0 Å². The smallest absolute Gasteiger partial charge is 0.249 e. The number of furan rings is 2. The average Bonchev–Trinajstić information content (AvgIpc) is 0.995. The maximum absolute atomic E-state index is 10.4. The number of fused-ring (bicyclic) bond motifs is 13. The summed E-state index contributed by atoms with van der Waals surface area (Å²) in [5, 5.41) is 15.5. The molecule has 2 aliphatic rings. The lowest BCUT2D eigenvalue weighted by Gasteiger charge is -2.42. The summed E-state index contributed by atoms with van der Waals surface area (Å²) in [6, 6.07) is 76.1. The number of anilines is 3. The number of rotatable bonds is 6. The first-order chi connectivity index (χ1) is 47.7. The Hall–Kier alpha value is -10.3. The van der Waals surface area contributed by atoms with Crippen LogP contribution < -0.4 is 21.3 Å². The van der Waals surface area contributed by atoms with E-state index in [-0.39, 0.29) is 52.5 Å². The Labute approximate surface area is 572 Å². The first-order valence-electron chi connectivity index (χ1n) is 35.4. The molecule has 0 amide bonds. The van der Waals surface area contributed by atoms with Crippen molar-refractivity contribution >= 4 is 118 Å². The first-order valence-corrected chi connectivity index (χ1v) is 34.2. The predicted molar refractivity (Wildman–Crippen MR) is 407 cm³/mol. The van der Waals surface area contributed by atoms with Crippen LogP contribution in [0.3, 0.4) is 0 Å². The van der Waals surface area contributed by atoms with Gasteiger partial charge in [0.25, 0.3) is 0 Å². The molecule has 0 spiro atoms. The minimum absolute atomic E-state index is 0.112. The molecule has 0 fully saturated rings. The van der Waals surface area contributed by atoms with Crippen molar-refractivity contribution in [2.45, 2.75) is 115 Å². The Morgan fingerprint density at radius 2 is 0.927 bits per heavy atom. The van der Waals surface area contributed by atoms with Crippen LogP contribution in [0.2, 0.25) is 0 Å². The molecule has 5 nitrogen and oxygen atoms in total. The summed E-state index contributed by atoms with van der Waals surface area (Å²) in [4.78, 5) is 4.61. The standard InChI is InChI=1S/C89H74BN3O2S/c1-86(2,3)59-39-57(40-60(47-59)87(4,5)6)53-31-36-76-72(43-53)90-73-44-54(58-41-61(88(7,8)9)48-62(42-58)89(10,11)12)32-37-82(73)96-83-50-63(92-74-25-16-13-20-66(74)71-38-52(51-91)28-35-75(71)92)49-77(84(83)90)93(76)85-64(55-29-33-69-67-21-14-17-26-78(67)94-80(69)45-55)23-19-24-65(85)56-30-34-70-68-22-15-18-27-79(68)95-81(70)46-56/h13-50H,1-12H3/i13D,16D,20D,25D. The zero-order valence-electron chi connectivity index (χ0n) is 60.3. The van der Waals surface area contributed by atoms with E-state index in [1.165, 1.54) is 33.3 Å². The summed E-state index contributed by atoms with van der Waals surface area (Å²) >= 11 is 1.74. The molecule has 0 aliphatic carbocycles. The van der Waals surface area contributed by atoms with Gasteiger partial charge in [0.2, 0.25) is 6.71 Å². The lowest BCUT2D eigenvalue weighted by Crippen LogP contribution is -2.60. The van der Waals surface area contributed by atoms with Crippen LogP contribution >= 0.6 is 11.8 Å². The summed E-state index contributed by atoms with van der Waals surface area (Å²) < 4.78 is 53.3. The van der Waals surface area contributed by atoms with Gasteiger partial charge >= 0.3 is 0 Å². The lowest BCUT2D eigenvalue weighted by atomic mass is 9.34. The zero-order valence-corrected chi connectivity index (χ0v) is 57.1. The molecule has 0 N–H and O–H groups in total. The van der Waals surface area contributed by atoms with Gasteiger partial charge in [0.15, 0.2) is 0 Å². The van der Waals surface area contributed by atoms with E-state index in [9.17, 15) is 9.37 Å². The third-order valence-corrected chi connectivity index (χ3v) is 21.3. The van der Waals surface area contributed by atoms with E-state index < -0.39 is 0 Å². The fraction of sp³-hybridized carbons (Fsp3) is 0.180. The molecule has 15 aromatic rings. The summed E-state index contributed by atoms with van der Waals surface area (Å²) in [6.07, 6.45) is 0. The molecule has 96 heavy (non-hydrogen) atoms. The highest BCUT2D eigenvalue weighted by Gasteiger charge is 2.43. The Bertz CT molecular complexity index is 5900. The van der Waals surface area contributed by atoms with Crippen molar-refractivity contribution < 1.29 is 14.3 Å². The van der Waals surface area contributed by atoms with Gasteiger partial charge in [-0.2, -0.15) is 5.26 Å². The van der Waals surface area contributed by atoms with Crippen molar-refractivity contribution in [2.75, 3.05) is 4.90 Å². The van der Waals surface area contributed by atoms with Crippen molar-refractivity contribution in [1.82, 2.24) is 4.57 Å². The Morgan fingerprint density at radius 1 is 0.406 bits per heavy atom. The van der Waals surface area contributed by atoms with Crippen LogP contribution in [-0.4, -0.2) is 11.3 Å². The maximum atomic E-state index is 10.4. The highest BCUT2D eigenvalue weighted by molar-refractivity contribution is 8.00. The SMILES string of the molecule is [2H]c1c([2H])c([2H])c2c(c1[2H])c1cc(C#N)ccc1n2-c1cc2c3c(c1)N(c1c(-c4ccc5c(c4)oc4ccccc45)cccc1-c1ccc4c(c1)oc1ccccc14)c1ccc(-c4cc(C(C)(C)C)cc(C(C)(C)C)c4)cc1B3c1cc(-c3cc(C(C)(C)C)cc(C(C)(C)C)c3)ccc1S2. The quantitative estimate of drug-likeness (QED) is 0.155. The fourth-order valence-corrected chi connectivity index (χ4v) is 16.1. The third-order valence-electron chi connectivity index (χ3n) is 20.2. The van der Waals surface area contributed by atoms with Gasteiger partial charge in [-0.05, 0) is 173 Å². The molecule has 0 atom stereocenters. The predicted octanol–water partition coefficient (Wildman–Crippen LogP) is 23.1. The summed E-state index contributed by atoms with van der Waals surface area (Å²) in [5.41, 5.74) is 24.5. The lowest BCUT2D eigenvalue weighted by molar-refractivity contribution is 0.568. The normalized spacial score (nSPS) is 13.9. The van der Waals surface area contributed by atoms with Gasteiger partial charge in [0, 0.05) is 70.3 Å². The molecule has 0 bridgehead atoms. The molecule has 5 heterocycles. The van der Waals surface area contributed by atoms with Gasteiger partial charge in [-0.3, -0.25) is 0 Å². The Balaban J connectivity index is 1.02. The number of nitriles is 1. The molecular formula is C89H74BN3O2S. The van der Waals surface area contributed by atoms with Gasteiger partial charge in [0.1, 0.15) is 22.3 Å². The van der Waals surface area contributed by atoms with Crippen LogP contribution in [0.1, 0.15) is 116 Å². The molecule has 466 valence electrons. The number of nitrogens with zero attached hydrogens (tertiary/aromatic N) is 3. The summed E-state index contributed by atoms with van der Waals surface area (Å²) in [5.74, 6) is 0. The number of benzene rings is 12. The topological polar surface area (TPSA) is 58.2 Å². The van der Waals surface area contributed by atoms with Gasteiger partial charge < -0.3 is 18.3 Å². The third kappa shape index (κ3) is 9.65. The Kier molecular flexibility index (Phi) is 12.3. The number of para-hydroxylation sites is 4. The van der Waals surface area contributed by atoms with Crippen molar-refractivity contribution in [3.05, 3.63) is 258 Å². The molecule has 2 aliphatic heterocycles. The van der Waals surface area contributed by atoms with E-state index in [1.807, 2.05) is 34.9 Å². The second-order valence-electron chi connectivity index (χ2n) is 30.6. The van der Waals surface area contributed by atoms with Gasteiger partial charge in [0.05, 0.1) is 33.8 Å². The van der Waals surface area contributed by atoms with E-state index in [0.29, 0.717) is 33.1 Å². The van der Waals surface area contributed by atoms with Crippen molar-refractivity contribution in [3.63, 3.8) is 0 Å². The van der Waals surface area contributed by atoms with E-state index >= 15 is 0 Å². The van der Waals surface area contributed by atoms with Crippen LogP contribution in [0.15, 0.2) is 249 Å². The maximum Gasteiger partial charge on any atom is 0.249 e. The molecule has 0 radical (unpaired) electrons. The molecule has 0 saturated carbocycles. The van der Waals surface area contributed by atoms with Crippen molar-refractivity contribution in [2.24, 2.45) is 0 Å². The summed E-state index contributed by atoms with van der Waals surface area (Å²) in [6.45, 7) is 27.3. The van der Waals surface area contributed by atoms with Gasteiger partial charge in [-0.25, -0.2) is 0 Å². The zero-order chi connectivity index (χ0) is 69.5. The van der Waals surface area contributed by atoms with Crippen molar-refractivity contribution in [3.8, 4) is 56.3 Å². The second kappa shape index (κ2) is 21.4. The average molecular weight is 1260 g/mol. The molecule has 12 aromatic carbocycles. The first kappa shape index (κ1) is 55.1. The molecule has 0 unspecified atom stereocenters. The van der Waals surface area contributed by atoms with E-state index in [0.717, 1.165) is 121 Å². The molecule has 3 aromatic heterocycles. The number of hydrogen-bond donors (Lipinski definition) is 0. The summed E-state index contributed by atoms with van der Waals surface area (Å²) in [7, 11) is 0. The van der Waals surface area contributed by atoms with E-state index in [2.05, 4.69) is 258 Å². The molecular weight excluding hydrogens is 1190 g/mol. The molecule has 17 rings (SSSR count). The molecule has 0 saturated heterocycles. The van der Waals surface area contributed by atoms with Crippen LogP contribution in [0.25, 0.3) is 116 Å². The number of hydrogen-bond acceptors (Lipinski definition) is 5. The second-order valence-corrected chi connectivity index (χ2v) is 31.7. The Morgan fingerprint density at radius 3 is 1.49 bits per heavy atom. The number of aromatic nitrogens is 1. The largest absolute Gasteiger partial charge is 0.456 e. The molecule has 7 heteroatoms. The van der Waals surface area contributed by atoms with E-state index in [4.69, 9.17) is 10.2 Å².